The molecule has 314 valence electrons. The van der Waals surface area contributed by atoms with Gasteiger partial charge in [0.15, 0.2) is 5.82 Å². The number of nitrogens with one attached hydrogen (secondary N) is 1. The fraction of sp³-hybridized carbons (Fsp3) is 0.391. The van der Waals surface area contributed by atoms with Gasteiger partial charge in [-0.15, -0.1) is 0 Å². The van der Waals surface area contributed by atoms with Gasteiger partial charge in [0, 0.05) is 55.9 Å². The number of ether oxygens (including phenoxy) is 1. The van der Waals surface area contributed by atoms with Gasteiger partial charge in [-0.25, -0.2) is 23.5 Å². The molecule has 3 amide bonds. The molecule has 3 aromatic carbocycles. The first-order chi connectivity index (χ1) is 29.4. The summed E-state index contributed by atoms with van der Waals surface area (Å²) >= 11 is 0. The van der Waals surface area contributed by atoms with Crippen LogP contribution < -0.4 is 16.2 Å². The van der Waals surface area contributed by atoms with Crippen LogP contribution in [0.3, 0.4) is 0 Å². The van der Waals surface area contributed by atoms with Crippen LogP contribution in [-0.2, 0) is 23.2 Å². The number of hydrogen-bond donors (Lipinski definition) is 1. The number of hydrogen-bond acceptors (Lipinski definition) is 8. The maximum Gasteiger partial charge on any atom is 0.438 e. The van der Waals surface area contributed by atoms with Gasteiger partial charge >= 0.3 is 11.8 Å². The number of urea groups is 1. The smallest absolute Gasteiger partial charge is 0.381 e. The number of amides is 3. The predicted molar refractivity (Wildman–Crippen MR) is 225 cm³/mol. The minimum atomic E-state index is -0.831. The minimum Gasteiger partial charge on any atom is -0.381 e. The summed E-state index contributed by atoms with van der Waals surface area (Å²) in [4.78, 5) is 69.6. The molecular formula is C46H47FN8O6. The quantitative estimate of drug-likeness (QED) is 0.183. The molecule has 3 fully saturated rings. The molecule has 4 aliphatic rings. The summed E-state index contributed by atoms with van der Waals surface area (Å²) in [5.74, 6) is -0.476. The Balaban J connectivity index is 1.08. The van der Waals surface area contributed by atoms with E-state index in [1.54, 1.807) is 35.8 Å². The van der Waals surface area contributed by atoms with Crippen LogP contribution in [0.2, 0.25) is 0 Å². The topological polar surface area (TPSA) is 152 Å². The van der Waals surface area contributed by atoms with Gasteiger partial charge in [0.05, 0.1) is 17.4 Å². The Morgan fingerprint density at radius 2 is 1.69 bits per heavy atom. The molecule has 0 spiro atoms. The van der Waals surface area contributed by atoms with Crippen molar-refractivity contribution in [1.29, 1.82) is 0 Å². The number of fused-ring (bicyclic) bond motifs is 2. The first-order valence-electron chi connectivity index (χ1n) is 21.1. The van der Waals surface area contributed by atoms with Gasteiger partial charge in [-0.05, 0) is 111 Å². The molecule has 3 aliphatic heterocycles. The van der Waals surface area contributed by atoms with Gasteiger partial charge < -0.3 is 19.1 Å². The highest BCUT2D eigenvalue weighted by atomic mass is 19.1. The molecule has 0 unspecified atom stereocenters. The van der Waals surface area contributed by atoms with Gasteiger partial charge in [0.25, 0.3) is 11.5 Å². The monoisotopic (exact) mass is 826 g/mol. The molecule has 15 heteroatoms. The zero-order chi connectivity index (χ0) is 42.3. The van der Waals surface area contributed by atoms with Crippen LogP contribution in [0.1, 0.15) is 94.9 Å². The highest BCUT2D eigenvalue weighted by Crippen LogP contribution is 2.56. The number of halogens is 1. The molecule has 10 rings (SSSR count). The van der Waals surface area contributed by atoms with Crippen LogP contribution in [0, 0.1) is 25.6 Å². The van der Waals surface area contributed by atoms with E-state index in [0.717, 1.165) is 29.3 Å². The average Bonchev–Trinajstić information content (AvgIpc) is 3.56. The fourth-order valence-electron chi connectivity index (χ4n) is 10.0. The first kappa shape index (κ1) is 38.8. The molecule has 2 saturated heterocycles. The van der Waals surface area contributed by atoms with E-state index >= 15 is 4.79 Å². The van der Waals surface area contributed by atoms with Gasteiger partial charge in [-0.2, -0.15) is 0 Å². The number of aryl methyl sites for hydroxylation is 2. The Kier molecular flexibility index (Phi) is 9.34. The predicted octanol–water partition coefficient (Wildman–Crippen LogP) is 6.50. The molecule has 6 aromatic rings. The normalized spacial score (nSPS) is 21.7. The third-order valence-corrected chi connectivity index (χ3v) is 13.4. The molecule has 0 bridgehead atoms. The Morgan fingerprint density at radius 3 is 2.38 bits per heavy atom. The van der Waals surface area contributed by atoms with Crippen LogP contribution in [-0.4, -0.2) is 78.8 Å². The third-order valence-electron chi connectivity index (χ3n) is 13.4. The highest BCUT2D eigenvalue weighted by Gasteiger charge is 2.59. The van der Waals surface area contributed by atoms with Gasteiger partial charge in [0.2, 0.25) is 5.95 Å². The van der Waals surface area contributed by atoms with Crippen LogP contribution in [0.4, 0.5) is 15.1 Å². The summed E-state index contributed by atoms with van der Waals surface area (Å²) in [5.41, 5.74) is 4.17. The molecule has 3 aromatic heterocycles. The van der Waals surface area contributed by atoms with Crippen LogP contribution in [0.15, 0.2) is 80.8 Å². The highest BCUT2D eigenvalue weighted by molar-refractivity contribution is 6.00. The number of aromatic nitrogens is 5. The van der Waals surface area contributed by atoms with Gasteiger partial charge in [-0.3, -0.25) is 24.0 Å². The number of carbonyl (C=O) groups is 2. The Morgan fingerprint density at radius 1 is 0.951 bits per heavy atom. The second kappa shape index (κ2) is 14.7. The molecule has 1 saturated carbocycles. The Bertz CT molecular complexity index is 2840. The summed E-state index contributed by atoms with van der Waals surface area (Å²) in [6.07, 6.45) is 2.65. The van der Waals surface area contributed by atoms with Gasteiger partial charge in [-0.1, -0.05) is 48.5 Å². The van der Waals surface area contributed by atoms with E-state index in [9.17, 15) is 18.8 Å². The summed E-state index contributed by atoms with van der Waals surface area (Å²) in [6.45, 7) is 9.88. The van der Waals surface area contributed by atoms with Crippen molar-refractivity contribution in [2.24, 2.45) is 5.92 Å². The Hall–Kier alpha value is -6.35. The molecule has 1 aliphatic carbocycles. The lowest BCUT2D eigenvalue weighted by Gasteiger charge is -2.36. The van der Waals surface area contributed by atoms with Crippen LogP contribution in [0.5, 0.6) is 0 Å². The van der Waals surface area contributed by atoms with Gasteiger partial charge in [0.1, 0.15) is 17.1 Å². The van der Waals surface area contributed by atoms with E-state index < -0.39 is 17.3 Å². The minimum absolute atomic E-state index is 0.0194. The van der Waals surface area contributed by atoms with E-state index in [2.05, 4.69) is 35.3 Å². The van der Waals surface area contributed by atoms with E-state index in [1.165, 1.54) is 15.0 Å². The zero-order valence-corrected chi connectivity index (χ0v) is 34.6. The van der Waals surface area contributed by atoms with Crippen molar-refractivity contribution >= 4 is 28.8 Å². The maximum absolute atomic E-state index is 15.3. The van der Waals surface area contributed by atoms with Crippen LogP contribution >= 0.6 is 0 Å². The molecule has 6 heterocycles. The average molecular weight is 827 g/mol. The van der Waals surface area contributed by atoms with E-state index in [0.29, 0.717) is 78.2 Å². The molecule has 1 N–H and O–H groups in total. The summed E-state index contributed by atoms with van der Waals surface area (Å²) < 4.78 is 29.1. The standard InChI is InChI=1S/C46H47FN8O6/c1-26-20-34(21-27(2)38(26)47)54-40(56)35-12-15-52(29(4)39(35)48-43(54)53-17-16-51(45(53)59)25-30-8-6-5-7-9-30)41(57)37-23-33-22-32(31-13-18-60-19-14-31)10-11-36(33)55(37)46(24-28(46)3)42-49-44(58)61-50-42/h5-11,20-23,28-29,31H,12-19,24-25H2,1-4H3,(H,49,50,58)/t28-,29-,46+/m1/s1. The van der Waals surface area contributed by atoms with Crippen molar-refractivity contribution in [3.8, 4) is 5.69 Å². The van der Waals surface area contributed by atoms with Crippen LogP contribution in [0.25, 0.3) is 16.6 Å². The number of aromatic amines is 1. The third kappa shape index (κ3) is 6.31. The lowest BCUT2D eigenvalue weighted by atomic mass is 9.91. The van der Waals surface area contributed by atoms with E-state index in [-0.39, 0.29) is 54.7 Å². The molecule has 14 nitrogen and oxygen atoms in total. The number of carbonyl (C=O) groups excluding carboxylic acids is 2. The zero-order valence-electron chi connectivity index (χ0n) is 34.6. The first-order valence-corrected chi connectivity index (χ1v) is 21.1. The SMILES string of the molecule is Cc1cc(-n2c(N3CCN(Cc4ccccc4)C3=O)nc3c(c2=O)CCN(C(=O)c2cc4cc(C5CCOCC5)ccc4n2[C@@]2(c4noc(=O)[nH]4)C[C@H]2C)[C@@H]3C)cc(C)c1F. The second-order valence-corrected chi connectivity index (χ2v) is 17.1. The van der Waals surface area contributed by atoms with Crippen molar-refractivity contribution in [2.45, 2.75) is 77.4 Å². The number of benzene rings is 3. The fourth-order valence-corrected chi connectivity index (χ4v) is 10.0. The van der Waals surface area contributed by atoms with E-state index in [1.807, 2.05) is 47.9 Å². The second-order valence-electron chi connectivity index (χ2n) is 17.1. The number of rotatable bonds is 8. The lowest BCUT2D eigenvalue weighted by molar-refractivity contribution is 0.0658. The maximum atomic E-state index is 15.3. The largest absolute Gasteiger partial charge is 0.438 e. The Labute approximate surface area is 350 Å². The number of anilines is 1. The number of nitrogens with zero attached hydrogens (tertiary/aromatic N) is 7. The van der Waals surface area contributed by atoms with Crippen molar-refractivity contribution in [3.05, 3.63) is 138 Å². The summed E-state index contributed by atoms with van der Waals surface area (Å²) in [7, 11) is 0. The van der Waals surface area contributed by atoms with E-state index in [4.69, 9.17) is 14.2 Å². The summed E-state index contributed by atoms with van der Waals surface area (Å²) in [6, 6.07) is 20.2. The lowest BCUT2D eigenvalue weighted by Crippen LogP contribution is -2.45. The van der Waals surface area contributed by atoms with Crippen molar-refractivity contribution < 1.29 is 23.2 Å². The van der Waals surface area contributed by atoms with Crippen molar-refractivity contribution in [3.63, 3.8) is 0 Å². The van der Waals surface area contributed by atoms with Crippen molar-refractivity contribution in [1.82, 2.24) is 34.1 Å². The molecule has 3 atom stereocenters. The molecular weight excluding hydrogens is 780 g/mol. The molecule has 61 heavy (non-hydrogen) atoms. The number of H-pyrrole nitrogens is 1. The molecule has 0 radical (unpaired) electrons. The van der Waals surface area contributed by atoms with Crippen molar-refractivity contribution in [2.75, 3.05) is 37.7 Å². The summed E-state index contributed by atoms with van der Waals surface area (Å²) in [5, 5.41) is 5.04.